The molecule has 4 rings (SSSR count). The number of hydrogen-bond donors (Lipinski definition) is 2. The molecule has 0 aliphatic carbocycles. The fourth-order valence-electron chi connectivity index (χ4n) is 4.03. The maximum Gasteiger partial charge on any atom is 0.294 e. The van der Waals surface area contributed by atoms with Gasteiger partial charge in [0.15, 0.2) is 0 Å². The molecule has 9 nitrogen and oxygen atoms in total. The van der Waals surface area contributed by atoms with Crippen molar-refractivity contribution < 1.29 is 32.1 Å². The number of imide groups is 2. The van der Waals surface area contributed by atoms with E-state index in [9.17, 15) is 32.1 Å². The van der Waals surface area contributed by atoms with Gasteiger partial charge < -0.3 is 0 Å². The van der Waals surface area contributed by atoms with Crippen LogP contribution in [0.4, 0.5) is 0 Å². The summed E-state index contributed by atoms with van der Waals surface area (Å²) in [6.07, 6.45) is 0.409. The number of rotatable bonds is 6. The van der Waals surface area contributed by atoms with E-state index in [2.05, 4.69) is 5.32 Å². The van der Waals surface area contributed by atoms with Gasteiger partial charge in [-0.15, -0.1) is 11.8 Å². The predicted octanol–water partition coefficient (Wildman–Crippen LogP) is 1.98. The zero-order valence-electron chi connectivity index (χ0n) is 17.5. The van der Waals surface area contributed by atoms with Crippen molar-refractivity contribution in [1.82, 2.24) is 10.2 Å². The van der Waals surface area contributed by atoms with Gasteiger partial charge in [-0.05, 0) is 43.5 Å². The molecular weight excluding hydrogens is 468 g/mol. The fourth-order valence-corrected chi connectivity index (χ4v) is 5.82. The SMILES string of the molecule is Cc1ccc(S(=O)(=O)O)c(CCSc2cccc3c2C(=O)N(C2CCC(=O)NC2=O)C3=O)c1. The Hall–Kier alpha value is -3.02. The van der Waals surface area contributed by atoms with E-state index in [-0.39, 0.29) is 28.9 Å². The van der Waals surface area contributed by atoms with Crippen LogP contribution in [0.25, 0.3) is 0 Å². The summed E-state index contributed by atoms with van der Waals surface area (Å²) in [5.41, 5.74) is 1.66. The van der Waals surface area contributed by atoms with Crippen LogP contribution in [0, 0.1) is 6.92 Å². The fraction of sp³-hybridized carbons (Fsp3) is 0.273. The van der Waals surface area contributed by atoms with Crippen LogP contribution in [-0.2, 0) is 26.1 Å². The predicted molar refractivity (Wildman–Crippen MR) is 119 cm³/mol. The number of thioether (sulfide) groups is 1. The van der Waals surface area contributed by atoms with Crippen LogP contribution in [-0.4, -0.2) is 53.3 Å². The third-order valence-electron chi connectivity index (χ3n) is 5.55. The highest BCUT2D eigenvalue weighted by molar-refractivity contribution is 7.99. The Morgan fingerprint density at radius 3 is 2.58 bits per heavy atom. The summed E-state index contributed by atoms with van der Waals surface area (Å²) in [4.78, 5) is 51.0. The second-order valence-electron chi connectivity index (χ2n) is 7.81. The number of fused-ring (bicyclic) bond motifs is 1. The zero-order valence-corrected chi connectivity index (χ0v) is 19.2. The minimum atomic E-state index is -4.38. The quantitative estimate of drug-likeness (QED) is 0.358. The topological polar surface area (TPSA) is 138 Å². The zero-order chi connectivity index (χ0) is 23.9. The van der Waals surface area contributed by atoms with E-state index in [1.54, 1.807) is 24.3 Å². The monoisotopic (exact) mass is 488 g/mol. The van der Waals surface area contributed by atoms with Crippen molar-refractivity contribution in [2.75, 3.05) is 5.75 Å². The number of aryl methyl sites for hydroxylation is 2. The van der Waals surface area contributed by atoms with Crippen LogP contribution in [0.5, 0.6) is 0 Å². The van der Waals surface area contributed by atoms with Gasteiger partial charge in [-0.2, -0.15) is 8.42 Å². The van der Waals surface area contributed by atoms with E-state index in [1.165, 1.54) is 23.9 Å². The molecule has 11 heteroatoms. The number of nitrogens with zero attached hydrogens (tertiary/aromatic N) is 1. The first kappa shape index (κ1) is 23.1. The van der Waals surface area contributed by atoms with Crippen molar-refractivity contribution in [1.29, 1.82) is 0 Å². The first-order chi connectivity index (χ1) is 15.6. The second-order valence-corrected chi connectivity index (χ2v) is 10.3. The number of nitrogens with one attached hydrogen (secondary N) is 1. The Balaban J connectivity index is 1.56. The number of carbonyl (C=O) groups is 4. The van der Waals surface area contributed by atoms with Crippen LogP contribution in [0.15, 0.2) is 46.2 Å². The van der Waals surface area contributed by atoms with E-state index >= 15 is 0 Å². The van der Waals surface area contributed by atoms with Gasteiger partial charge in [0, 0.05) is 17.1 Å². The average molecular weight is 489 g/mol. The molecule has 0 spiro atoms. The smallest absolute Gasteiger partial charge is 0.294 e. The highest BCUT2D eigenvalue weighted by atomic mass is 32.2. The maximum absolute atomic E-state index is 13.1. The van der Waals surface area contributed by atoms with E-state index in [4.69, 9.17) is 0 Å². The molecular formula is C22H20N2O7S2. The van der Waals surface area contributed by atoms with Crippen LogP contribution in [0.3, 0.4) is 0 Å². The Morgan fingerprint density at radius 2 is 1.88 bits per heavy atom. The van der Waals surface area contributed by atoms with Gasteiger partial charge in [-0.3, -0.25) is 33.9 Å². The molecule has 2 N–H and O–H groups in total. The lowest BCUT2D eigenvalue weighted by atomic mass is 10.0. The number of piperidine rings is 1. The number of amides is 4. The number of hydrogen-bond acceptors (Lipinski definition) is 7. The van der Waals surface area contributed by atoms with Gasteiger partial charge >= 0.3 is 0 Å². The highest BCUT2D eigenvalue weighted by Crippen LogP contribution is 2.35. The van der Waals surface area contributed by atoms with E-state index in [1.807, 2.05) is 6.92 Å². The first-order valence-electron chi connectivity index (χ1n) is 10.1. The van der Waals surface area contributed by atoms with Crippen molar-refractivity contribution in [3.63, 3.8) is 0 Å². The summed E-state index contributed by atoms with van der Waals surface area (Å²) in [6, 6.07) is 8.42. The molecule has 2 aliphatic heterocycles. The molecule has 33 heavy (non-hydrogen) atoms. The molecule has 2 aromatic rings. The van der Waals surface area contributed by atoms with Crippen molar-refractivity contribution in [2.45, 2.75) is 42.0 Å². The van der Waals surface area contributed by atoms with Crippen molar-refractivity contribution in [2.24, 2.45) is 0 Å². The van der Waals surface area contributed by atoms with Gasteiger partial charge in [0.1, 0.15) is 6.04 Å². The third-order valence-corrected chi connectivity index (χ3v) is 7.57. The lowest BCUT2D eigenvalue weighted by molar-refractivity contribution is -0.136. The molecule has 2 heterocycles. The molecule has 2 aliphatic rings. The van der Waals surface area contributed by atoms with Crippen LogP contribution < -0.4 is 5.32 Å². The molecule has 1 atom stereocenters. The molecule has 1 saturated heterocycles. The minimum Gasteiger partial charge on any atom is -0.295 e. The number of benzene rings is 2. The van der Waals surface area contributed by atoms with E-state index in [0.29, 0.717) is 22.6 Å². The van der Waals surface area contributed by atoms with Crippen molar-refractivity contribution >= 4 is 45.5 Å². The van der Waals surface area contributed by atoms with Gasteiger partial charge in [0.25, 0.3) is 21.9 Å². The summed E-state index contributed by atoms with van der Waals surface area (Å²) in [5.74, 6) is -1.92. The van der Waals surface area contributed by atoms with Crippen LogP contribution in [0.2, 0.25) is 0 Å². The normalized spacial score (nSPS) is 18.5. The lowest BCUT2D eigenvalue weighted by Gasteiger charge is -2.27. The molecule has 172 valence electrons. The maximum atomic E-state index is 13.1. The summed E-state index contributed by atoms with van der Waals surface area (Å²) in [6.45, 7) is 1.81. The molecule has 1 unspecified atom stereocenters. The summed E-state index contributed by atoms with van der Waals surface area (Å²) < 4.78 is 32.8. The largest absolute Gasteiger partial charge is 0.295 e. The average Bonchev–Trinajstić information content (AvgIpc) is 2.99. The Morgan fingerprint density at radius 1 is 1.12 bits per heavy atom. The molecule has 2 aromatic carbocycles. The standard InChI is InChI=1S/C22H20N2O7S2/c1-12-5-7-17(33(29,30)31)13(11-12)9-10-32-16-4-2-3-14-19(16)22(28)24(21(14)27)15-6-8-18(25)23-20(15)26/h2-5,7,11,15H,6,8-10H2,1H3,(H,23,25,26)(H,29,30,31). The summed E-state index contributed by atoms with van der Waals surface area (Å²) in [7, 11) is -4.38. The van der Waals surface area contributed by atoms with Crippen LogP contribution >= 0.6 is 11.8 Å². The van der Waals surface area contributed by atoms with Gasteiger partial charge in [0.2, 0.25) is 11.8 Å². The molecule has 0 bridgehead atoms. The van der Waals surface area contributed by atoms with E-state index in [0.717, 1.165) is 10.5 Å². The molecule has 0 radical (unpaired) electrons. The molecule has 0 saturated carbocycles. The molecule has 4 amide bonds. The van der Waals surface area contributed by atoms with Crippen molar-refractivity contribution in [3.05, 3.63) is 58.7 Å². The third kappa shape index (κ3) is 4.43. The lowest BCUT2D eigenvalue weighted by Crippen LogP contribution is -2.54. The van der Waals surface area contributed by atoms with Crippen LogP contribution in [0.1, 0.15) is 44.7 Å². The Bertz CT molecular complexity index is 1300. The first-order valence-corrected chi connectivity index (χ1v) is 12.5. The van der Waals surface area contributed by atoms with Crippen molar-refractivity contribution in [3.8, 4) is 0 Å². The molecule has 1 fully saturated rings. The van der Waals surface area contributed by atoms with Gasteiger partial charge in [-0.1, -0.05) is 23.8 Å². The summed E-state index contributed by atoms with van der Waals surface area (Å²) >= 11 is 1.27. The van der Waals surface area contributed by atoms with E-state index < -0.39 is 39.8 Å². The summed E-state index contributed by atoms with van der Waals surface area (Å²) in [5, 5.41) is 2.16. The minimum absolute atomic E-state index is 0.0397. The Kier molecular flexibility index (Phi) is 6.12. The van der Waals surface area contributed by atoms with Gasteiger partial charge in [-0.25, -0.2) is 0 Å². The number of carbonyl (C=O) groups excluding carboxylic acids is 4. The Labute approximate surface area is 194 Å². The second kappa shape index (κ2) is 8.73. The van der Waals surface area contributed by atoms with Gasteiger partial charge in [0.05, 0.1) is 16.0 Å². The molecule has 0 aromatic heterocycles. The highest BCUT2D eigenvalue weighted by Gasteiger charge is 2.45.